The van der Waals surface area contributed by atoms with E-state index < -0.39 is 17.2 Å². The van der Waals surface area contributed by atoms with Crippen molar-refractivity contribution in [1.82, 2.24) is 29.1 Å². The molecule has 0 spiro atoms. The number of pyridine rings is 2. The Labute approximate surface area is 238 Å². The number of hydrogen-bond acceptors (Lipinski definition) is 7. The molecule has 218 valence electrons. The number of rotatable bonds is 6. The number of aryl methyl sites for hydroxylation is 1. The van der Waals surface area contributed by atoms with Gasteiger partial charge in [-0.3, -0.25) is 18.9 Å². The monoisotopic (exact) mass is 562 g/mol. The topological polar surface area (TPSA) is 104 Å². The van der Waals surface area contributed by atoms with Crippen LogP contribution in [0.3, 0.4) is 0 Å². The molecule has 0 bridgehead atoms. The predicted octanol–water partition coefficient (Wildman–Crippen LogP) is 2.81. The lowest BCUT2D eigenvalue weighted by Crippen LogP contribution is -2.49. The summed E-state index contributed by atoms with van der Waals surface area (Å²) in [5, 5.41) is 3.04. The first-order valence-corrected chi connectivity index (χ1v) is 14.6. The fourth-order valence-corrected chi connectivity index (χ4v) is 6.58. The number of nitrogens with zero attached hydrogens (tertiary/aromatic N) is 6. The Morgan fingerprint density at radius 3 is 2.56 bits per heavy atom. The molecule has 3 N–H and O–H groups in total. The summed E-state index contributed by atoms with van der Waals surface area (Å²) >= 11 is 0. The maximum atomic E-state index is 15.7. The molecule has 11 heteroatoms. The number of nitrogens with one attached hydrogen (secondary N) is 1. The van der Waals surface area contributed by atoms with Crippen molar-refractivity contribution in [1.29, 1.82) is 0 Å². The molecule has 1 amide bonds. The molecule has 6 rings (SSSR count). The van der Waals surface area contributed by atoms with Gasteiger partial charge in [-0.15, -0.1) is 0 Å². The van der Waals surface area contributed by atoms with Crippen molar-refractivity contribution in [3.63, 3.8) is 0 Å². The van der Waals surface area contributed by atoms with Crippen LogP contribution in [0, 0.1) is 5.82 Å². The van der Waals surface area contributed by atoms with E-state index in [1.54, 1.807) is 16.5 Å². The summed E-state index contributed by atoms with van der Waals surface area (Å²) < 4.78 is 19.3. The number of fused-ring (bicyclic) bond motifs is 5. The SMILES string of the molecule is CC(C)N1CCN(c2nc3c(cc2F)c(=O)c(C(=O)NCCC2CCCN2C)c2n(C)c4ccc(N)cc4n32)CC1. The lowest BCUT2D eigenvalue weighted by atomic mass is 10.1. The molecule has 3 aromatic heterocycles. The van der Waals surface area contributed by atoms with Crippen LogP contribution in [0.2, 0.25) is 0 Å². The molecule has 5 heterocycles. The van der Waals surface area contributed by atoms with E-state index in [2.05, 4.69) is 36.0 Å². The van der Waals surface area contributed by atoms with E-state index in [0.29, 0.717) is 54.2 Å². The first-order valence-electron chi connectivity index (χ1n) is 14.6. The van der Waals surface area contributed by atoms with Crippen LogP contribution in [0.1, 0.15) is 43.5 Å². The molecule has 4 aromatic rings. The number of benzene rings is 1. The summed E-state index contributed by atoms with van der Waals surface area (Å²) in [5.74, 6) is -0.820. The van der Waals surface area contributed by atoms with Crippen molar-refractivity contribution < 1.29 is 9.18 Å². The zero-order valence-corrected chi connectivity index (χ0v) is 24.3. The van der Waals surface area contributed by atoms with Gasteiger partial charge >= 0.3 is 0 Å². The van der Waals surface area contributed by atoms with E-state index >= 15 is 4.39 Å². The summed E-state index contributed by atoms with van der Waals surface area (Å²) in [6, 6.07) is 7.52. The van der Waals surface area contributed by atoms with E-state index in [0.717, 1.165) is 44.4 Å². The Morgan fingerprint density at radius 2 is 1.88 bits per heavy atom. The predicted molar refractivity (Wildman–Crippen MR) is 161 cm³/mol. The summed E-state index contributed by atoms with van der Waals surface area (Å²) in [4.78, 5) is 39.0. The lowest BCUT2D eigenvalue weighted by Gasteiger charge is -2.37. The highest BCUT2D eigenvalue weighted by molar-refractivity contribution is 6.06. The Morgan fingerprint density at radius 1 is 1.12 bits per heavy atom. The zero-order chi connectivity index (χ0) is 29.0. The molecule has 2 aliphatic heterocycles. The molecule has 2 aliphatic rings. The van der Waals surface area contributed by atoms with Crippen LogP contribution in [-0.2, 0) is 7.05 Å². The molecule has 10 nitrogen and oxygen atoms in total. The van der Waals surface area contributed by atoms with Gasteiger partial charge in [-0.2, -0.15) is 0 Å². The molecule has 0 saturated carbocycles. The average Bonchev–Trinajstić information content (AvgIpc) is 3.48. The fourth-order valence-electron chi connectivity index (χ4n) is 6.58. The van der Waals surface area contributed by atoms with Crippen molar-refractivity contribution in [2.75, 3.05) is 56.9 Å². The number of nitrogen functional groups attached to an aromatic ring is 1. The van der Waals surface area contributed by atoms with Gasteiger partial charge in [-0.25, -0.2) is 9.37 Å². The van der Waals surface area contributed by atoms with Crippen LogP contribution in [0.4, 0.5) is 15.9 Å². The number of anilines is 2. The van der Waals surface area contributed by atoms with Crippen molar-refractivity contribution in [2.24, 2.45) is 7.05 Å². The van der Waals surface area contributed by atoms with Crippen LogP contribution in [0.15, 0.2) is 29.1 Å². The number of hydrogen-bond donors (Lipinski definition) is 2. The third-order valence-corrected chi connectivity index (χ3v) is 8.98. The van der Waals surface area contributed by atoms with E-state index in [1.807, 2.05) is 22.6 Å². The Balaban J connectivity index is 1.49. The fraction of sp³-hybridized carbons (Fsp3) is 0.500. The van der Waals surface area contributed by atoms with E-state index in [-0.39, 0.29) is 16.8 Å². The summed E-state index contributed by atoms with van der Waals surface area (Å²) in [6.45, 7) is 8.66. The average molecular weight is 563 g/mol. The van der Waals surface area contributed by atoms with Crippen molar-refractivity contribution in [2.45, 2.75) is 45.2 Å². The number of nitrogens with two attached hydrogens (primary N) is 1. The third kappa shape index (κ3) is 4.70. The molecule has 2 fully saturated rings. The highest BCUT2D eigenvalue weighted by atomic mass is 19.1. The summed E-state index contributed by atoms with van der Waals surface area (Å²) in [5.41, 5.74) is 8.37. The largest absolute Gasteiger partial charge is 0.399 e. The highest BCUT2D eigenvalue weighted by Gasteiger charge is 2.28. The van der Waals surface area contributed by atoms with Gasteiger partial charge < -0.3 is 25.4 Å². The van der Waals surface area contributed by atoms with Gasteiger partial charge in [-0.1, -0.05) is 0 Å². The number of imidazole rings is 1. The van der Waals surface area contributed by atoms with Gasteiger partial charge in [0.1, 0.15) is 11.2 Å². The van der Waals surface area contributed by atoms with Gasteiger partial charge in [0.15, 0.2) is 17.3 Å². The van der Waals surface area contributed by atoms with Gasteiger partial charge in [0.25, 0.3) is 5.91 Å². The van der Waals surface area contributed by atoms with Gasteiger partial charge in [0, 0.05) is 57.5 Å². The maximum absolute atomic E-state index is 15.7. The number of carbonyl (C=O) groups excluding carboxylic acids is 1. The molecular formula is C30H39FN8O2. The molecule has 0 radical (unpaired) electrons. The first kappa shape index (κ1) is 27.5. The maximum Gasteiger partial charge on any atom is 0.259 e. The second-order valence-electron chi connectivity index (χ2n) is 11.8. The number of piperazine rings is 1. The Kier molecular flexibility index (Phi) is 7.11. The van der Waals surface area contributed by atoms with E-state index in [4.69, 9.17) is 10.7 Å². The first-order chi connectivity index (χ1) is 19.7. The number of carbonyl (C=O) groups is 1. The number of amides is 1. The molecular weight excluding hydrogens is 523 g/mol. The molecule has 1 aromatic carbocycles. The van der Waals surface area contributed by atoms with Crippen molar-refractivity contribution in [3.8, 4) is 0 Å². The molecule has 41 heavy (non-hydrogen) atoms. The van der Waals surface area contributed by atoms with E-state index in [1.165, 1.54) is 6.07 Å². The molecule has 1 unspecified atom stereocenters. The second-order valence-corrected chi connectivity index (χ2v) is 11.8. The number of aromatic nitrogens is 3. The van der Waals surface area contributed by atoms with Crippen LogP contribution in [-0.4, -0.2) is 88.1 Å². The Hall–Kier alpha value is -3.70. The van der Waals surface area contributed by atoms with Crippen LogP contribution in [0.25, 0.3) is 27.7 Å². The van der Waals surface area contributed by atoms with Crippen LogP contribution < -0.4 is 21.4 Å². The minimum absolute atomic E-state index is 0.0194. The molecule has 2 saturated heterocycles. The number of halogens is 1. The Bertz CT molecular complexity index is 1700. The highest BCUT2D eigenvalue weighted by Crippen LogP contribution is 2.30. The second kappa shape index (κ2) is 10.6. The zero-order valence-electron chi connectivity index (χ0n) is 24.3. The smallest absolute Gasteiger partial charge is 0.259 e. The lowest BCUT2D eigenvalue weighted by molar-refractivity contribution is 0.0950. The van der Waals surface area contributed by atoms with Gasteiger partial charge in [0.05, 0.1) is 16.4 Å². The van der Waals surface area contributed by atoms with Crippen LogP contribution >= 0.6 is 0 Å². The van der Waals surface area contributed by atoms with E-state index in [9.17, 15) is 9.59 Å². The number of likely N-dealkylation sites (tertiary alicyclic amines) is 1. The van der Waals surface area contributed by atoms with Crippen molar-refractivity contribution in [3.05, 3.63) is 45.9 Å². The molecule has 0 aliphatic carbocycles. The van der Waals surface area contributed by atoms with Gasteiger partial charge in [0.2, 0.25) is 5.43 Å². The third-order valence-electron chi connectivity index (χ3n) is 8.98. The molecule has 1 atom stereocenters. The van der Waals surface area contributed by atoms with Crippen molar-refractivity contribution >= 4 is 45.1 Å². The quantitative estimate of drug-likeness (QED) is 0.348. The van der Waals surface area contributed by atoms with Gasteiger partial charge in [-0.05, 0) is 71.0 Å². The summed E-state index contributed by atoms with van der Waals surface area (Å²) in [6.07, 6.45) is 3.05. The standard InChI is InChI=1S/C30H39FN8O2/c1-18(2)37-12-14-38(15-13-37)28-22(31)17-21-26(40)25(29(41)33-10-9-20-6-5-11-35(20)3)30-36(4)23-8-7-19(32)16-24(23)39(30)27(21)34-28/h7-8,16-18,20H,5-6,9-15,32H2,1-4H3,(H,33,41). The van der Waals surface area contributed by atoms with Crippen LogP contribution in [0.5, 0.6) is 0 Å². The minimum Gasteiger partial charge on any atom is -0.399 e. The summed E-state index contributed by atoms with van der Waals surface area (Å²) in [7, 11) is 3.92. The minimum atomic E-state index is -0.567. The normalized spacial score (nSPS) is 18.9.